The highest BCUT2D eigenvalue weighted by Gasteiger charge is 2.35. The number of ether oxygens (including phenoxy) is 2. The summed E-state index contributed by atoms with van der Waals surface area (Å²) in [5.74, 6) is 0.903. The number of nitrogens with one attached hydrogen (secondary N) is 1. The summed E-state index contributed by atoms with van der Waals surface area (Å²) in [6.07, 6.45) is 4.35. The highest BCUT2D eigenvalue weighted by Crippen LogP contribution is 2.28. The zero-order chi connectivity index (χ0) is 19.2. The third kappa shape index (κ3) is 6.67. The van der Waals surface area contributed by atoms with Crippen LogP contribution in [0.1, 0.15) is 53.4 Å². The SMILES string of the molecule is CCOC1CCN(C(=NC)NCCN(C(=O)OC(C)(C)C)C2CC2)CC1. The summed E-state index contributed by atoms with van der Waals surface area (Å²) in [5, 5.41) is 3.40. The first kappa shape index (κ1) is 20.8. The number of hydrogen-bond acceptors (Lipinski definition) is 4. The molecule has 1 aliphatic carbocycles. The molecule has 1 saturated carbocycles. The van der Waals surface area contributed by atoms with E-state index in [0.29, 0.717) is 25.2 Å². The van der Waals surface area contributed by atoms with Crippen molar-refractivity contribution >= 4 is 12.1 Å². The lowest BCUT2D eigenvalue weighted by Crippen LogP contribution is -2.49. The Morgan fingerprint density at radius 1 is 1.23 bits per heavy atom. The minimum Gasteiger partial charge on any atom is -0.444 e. The van der Waals surface area contributed by atoms with Gasteiger partial charge in [0.15, 0.2) is 5.96 Å². The van der Waals surface area contributed by atoms with E-state index in [1.54, 1.807) is 0 Å². The number of piperidine rings is 1. The molecule has 0 atom stereocenters. The van der Waals surface area contributed by atoms with Gasteiger partial charge in [0.25, 0.3) is 0 Å². The Kier molecular flexibility index (Phi) is 7.55. The second-order valence-electron chi connectivity index (χ2n) is 8.02. The van der Waals surface area contributed by atoms with Crippen LogP contribution in [-0.2, 0) is 9.47 Å². The van der Waals surface area contributed by atoms with Crippen molar-refractivity contribution in [2.24, 2.45) is 4.99 Å². The predicted molar refractivity (Wildman–Crippen MR) is 104 cm³/mol. The average molecular weight is 369 g/mol. The van der Waals surface area contributed by atoms with Crippen LogP contribution in [0.5, 0.6) is 0 Å². The van der Waals surface area contributed by atoms with Crippen molar-refractivity contribution < 1.29 is 14.3 Å². The van der Waals surface area contributed by atoms with Crippen molar-refractivity contribution in [3.8, 4) is 0 Å². The van der Waals surface area contributed by atoms with E-state index in [4.69, 9.17) is 9.47 Å². The van der Waals surface area contributed by atoms with Gasteiger partial charge in [-0.15, -0.1) is 0 Å². The van der Waals surface area contributed by atoms with Gasteiger partial charge in [-0.05, 0) is 53.4 Å². The molecular weight excluding hydrogens is 332 g/mol. The minimum absolute atomic E-state index is 0.214. The number of nitrogens with zero attached hydrogens (tertiary/aromatic N) is 3. The average Bonchev–Trinajstić information content (AvgIpc) is 3.39. The van der Waals surface area contributed by atoms with Gasteiger partial charge in [0.05, 0.1) is 6.10 Å². The molecule has 2 rings (SSSR count). The molecule has 1 saturated heterocycles. The summed E-state index contributed by atoms with van der Waals surface area (Å²) in [4.78, 5) is 20.9. The molecule has 0 aromatic carbocycles. The van der Waals surface area contributed by atoms with E-state index in [1.807, 2.05) is 39.6 Å². The lowest BCUT2D eigenvalue weighted by molar-refractivity contribution is 0.0229. The van der Waals surface area contributed by atoms with Crippen molar-refractivity contribution in [1.29, 1.82) is 0 Å². The molecule has 0 spiro atoms. The second-order valence-corrected chi connectivity index (χ2v) is 8.02. The highest BCUT2D eigenvalue weighted by molar-refractivity contribution is 5.80. The van der Waals surface area contributed by atoms with Crippen LogP contribution in [0.4, 0.5) is 4.79 Å². The molecule has 1 heterocycles. The topological polar surface area (TPSA) is 66.4 Å². The third-order valence-electron chi connectivity index (χ3n) is 4.61. The summed E-state index contributed by atoms with van der Waals surface area (Å²) in [7, 11) is 1.81. The van der Waals surface area contributed by atoms with Crippen molar-refractivity contribution in [3.63, 3.8) is 0 Å². The molecule has 2 fully saturated rings. The smallest absolute Gasteiger partial charge is 0.410 e. The molecule has 1 N–H and O–H groups in total. The van der Waals surface area contributed by atoms with Crippen LogP contribution in [0.25, 0.3) is 0 Å². The zero-order valence-corrected chi connectivity index (χ0v) is 17.1. The standard InChI is InChI=1S/C19H36N4O3/c1-6-25-16-9-12-22(13-10-16)17(20-5)21-11-14-23(15-7-8-15)18(24)26-19(2,3)4/h15-16H,6-14H2,1-5H3,(H,20,21). The molecule has 0 aromatic rings. The van der Waals surface area contributed by atoms with Crippen molar-refractivity contribution in [3.05, 3.63) is 0 Å². The second kappa shape index (κ2) is 9.44. The number of amides is 1. The summed E-state index contributed by atoms with van der Waals surface area (Å²) >= 11 is 0. The first-order valence-corrected chi connectivity index (χ1v) is 9.91. The fourth-order valence-electron chi connectivity index (χ4n) is 3.22. The Labute approximate surface area is 158 Å². The van der Waals surface area contributed by atoms with E-state index < -0.39 is 5.60 Å². The Morgan fingerprint density at radius 3 is 2.38 bits per heavy atom. The summed E-state index contributed by atoms with van der Waals surface area (Å²) < 4.78 is 11.3. The third-order valence-corrected chi connectivity index (χ3v) is 4.61. The van der Waals surface area contributed by atoms with E-state index in [0.717, 1.165) is 51.3 Å². The normalized spacial score (nSPS) is 19.4. The highest BCUT2D eigenvalue weighted by atomic mass is 16.6. The molecule has 0 bridgehead atoms. The quantitative estimate of drug-likeness (QED) is 0.576. The Hall–Kier alpha value is -1.50. The number of rotatable bonds is 6. The van der Waals surface area contributed by atoms with Crippen LogP contribution in [0, 0.1) is 0 Å². The van der Waals surface area contributed by atoms with Crippen molar-refractivity contribution in [2.75, 3.05) is 39.8 Å². The molecular formula is C19H36N4O3. The van der Waals surface area contributed by atoms with Crippen molar-refractivity contribution in [2.45, 2.75) is 71.1 Å². The Balaban J connectivity index is 1.78. The van der Waals surface area contributed by atoms with Gasteiger partial charge >= 0.3 is 6.09 Å². The molecule has 0 unspecified atom stereocenters. The number of hydrogen-bond donors (Lipinski definition) is 1. The molecule has 150 valence electrons. The number of aliphatic imine (C=N–C) groups is 1. The summed E-state index contributed by atoms with van der Waals surface area (Å²) in [6, 6.07) is 0.329. The maximum atomic E-state index is 12.4. The first-order chi connectivity index (χ1) is 12.3. The molecule has 2 aliphatic rings. The molecule has 1 aliphatic heterocycles. The first-order valence-electron chi connectivity index (χ1n) is 9.91. The van der Waals surface area contributed by atoms with Crippen LogP contribution < -0.4 is 5.32 Å². The molecule has 1 amide bonds. The Bertz CT molecular complexity index is 478. The maximum absolute atomic E-state index is 12.4. The molecule has 0 radical (unpaired) electrons. The summed E-state index contributed by atoms with van der Waals surface area (Å²) in [6.45, 7) is 11.7. The number of likely N-dealkylation sites (tertiary alicyclic amines) is 1. The number of carbonyl (C=O) groups is 1. The molecule has 7 heteroatoms. The van der Waals surface area contributed by atoms with Crippen LogP contribution >= 0.6 is 0 Å². The monoisotopic (exact) mass is 368 g/mol. The van der Waals surface area contributed by atoms with Crippen molar-refractivity contribution in [1.82, 2.24) is 15.1 Å². The lowest BCUT2D eigenvalue weighted by Gasteiger charge is -2.34. The van der Waals surface area contributed by atoms with Gasteiger partial charge in [-0.3, -0.25) is 4.99 Å². The van der Waals surface area contributed by atoms with Gasteiger partial charge in [0, 0.05) is 45.9 Å². The van der Waals surface area contributed by atoms with E-state index >= 15 is 0 Å². The summed E-state index contributed by atoms with van der Waals surface area (Å²) in [5.41, 5.74) is -0.460. The van der Waals surface area contributed by atoms with Crippen LogP contribution in [0.15, 0.2) is 4.99 Å². The van der Waals surface area contributed by atoms with E-state index in [2.05, 4.69) is 15.2 Å². The zero-order valence-electron chi connectivity index (χ0n) is 17.1. The molecule has 26 heavy (non-hydrogen) atoms. The Morgan fingerprint density at radius 2 is 1.88 bits per heavy atom. The van der Waals surface area contributed by atoms with Crippen LogP contribution in [-0.4, -0.2) is 79.4 Å². The fourth-order valence-corrected chi connectivity index (χ4v) is 3.22. The minimum atomic E-state index is -0.460. The maximum Gasteiger partial charge on any atom is 0.410 e. The van der Waals surface area contributed by atoms with E-state index in [1.165, 1.54) is 0 Å². The fraction of sp³-hybridized carbons (Fsp3) is 0.895. The van der Waals surface area contributed by atoms with E-state index in [9.17, 15) is 4.79 Å². The van der Waals surface area contributed by atoms with E-state index in [-0.39, 0.29) is 6.09 Å². The number of guanidine groups is 1. The molecule has 0 aromatic heterocycles. The largest absolute Gasteiger partial charge is 0.444 e. The van der Waals surface area contributed by atoms with Gasteiger partial charge in [-0.25, -0.2) is 4.79 Å². The van der Waals surface area contributed by atoms with Gasteiger partial charge in [0.2, 0.25) is 0 Å². The van der Waals surface area contributed by atoms with Crippen LogP contribution in [0.2, 0.25) is 0 Å². The van der Waals surface area contributed by atoms with Gasteiger partial charge in [-0.1, -0.05) is 0 Å². The van der Waals surface area contributed by atoms with Gasteiger partial charge in [0.1, 0.15) is 5.60 Å². The van der Waals surface area contributed by atoms with Crippen LogP contribution in [0.3, 0.4) is 0 Å². The van der Waals surface area contributed by atoms with Gasteiger partial charge in [-0.2, -0.15) is 0 Å². The molecule has 7 nitrogen and oxygen atoms in total. The number of carbonyl (C=O) groups excluding carboxylic acids is 1. The van der Waals surface area contributed by atoms with Gasteiger partial charge < -0.3 is 24.6 Å². The predicted octanol–water partition coefficient (Wildman–Crippen LogP) is 2.46. The lowest BCUT2D eigenvalue weighted by atomic mass is 10.1.